The van der Waals surface area contributed by atoms with Gasteiger partial charge >= 0.3 is 6.09 Å². The lowest BCUT2D eigenvalue weighted by Crippen LogP contribution is -2.43. The number of halogens is 1. The summed E-state index contributed by atoms with van der Waals surface area (Å²) in [5.74, 6) is -1.32. The highest BCUT2D eigenvalue weighted by atomic mass is 19.1. The summed E-state index contributed by atoms with van der Waals surface area (Å²) in [6, 6.07) is 8.92. The Hall–Kier alpha value is -1.91. The molecule has 0 aliphatic carbocycles. The molecule has 1 fully saturated rings. The first-order chi connectivity index (χ1) is 15.5. The van der Waals surface area contributed by atoms with Gasteiger partial charge in [-0.05, 0) is 18.9 Å². The first-order valence-corrected chi connectivity index (χ1v) is 12.7. The average Bonchev–Trinajstić information content (AvgIpc) is 3.10. The number of imide groups is 1. The molecule has 1 aliphatic heterocycles. The van der Waals surface area contributed by atoms with E-state index < -0.39 is 36.2 Å². The van der Waals surface area contributed by atoms with Crippen LogP contribution in [-0.2, 0) is 9.53 Å². The highest BCUT2D eigenvalue weighted by molar-refractivity contribution is 5.95. The molecule has 1 aromatic carbocycles. The lowest BCUT2D eigenvalue weighted by molar-refractivity contribution is -0.135. The van der Waals surface area contributed by atoms with E-state index in [0.29, 0.717) is 6.42 Å². The first-order valence-electron chi connectivity index (χ1n) is 12.7. The van der Waals surface area contributed by atoms with Crippen molar-refractivity contribution in [1.29, 1.82) is 0 Å². The zero-order chi connectivity index (χ0) is 23.3. The van der Waals surface area contributed by atoms with E-state index in [-0.39, 0.29) is 0 Å². The second-order valence-corrected chi connectivity index (χ2v) is 9.29. The summed E-state index contributed by atoms with van der Waals surface area (Å²) >= 11 is 0. The second-order valence-electron chi connectivity index (χ2n) is 9.29. The summed E-state index contributed by atoms with van der Waals surface area (Å²) in [5.41, 5.74) is 0.842. The molecule has 0 aromatic heterocycles. The summed E-state index contributed by atoms with van der Waals surface area (Å²) in [6.45, 7) is 5.60. The monoisotopic (exact) mass is 447 g/mol. The fraction of sp³-hybridized carbons (Fsp3) is 0.704. The van der Waals surface area contributed by atoms with Gasteiger partial charge in [-0.1, -0.05) is 115 Å². The molecule has 1 aliphatic rings. The molecule has 4 atom stereocenters. The van der Waals surface area contributed by atoms with Gasteiger partial charge in [0.15, 0.2) is 0 Å². The van der Waals surface area contributed by atoms with Gasteiger partial charge in [0, 0.05) is 0 Å². The van der Waals surface area contributed by atoms with Crippen molar-refractivity contribution in [2.45, 2.75) is 116 Å². The molecule has 32 heavy (non-hydrogen) atoms. The van der Waals surface area contributed by atoms with Crippen molar-refractivity contribution in [3.63, 3.8) is 0 Å². The number of hydrogen-bond acceptors (Lipinski definition) is 3. The van der Waals surface area contributed by atoms with Crippen LogP contribution >= 0.6 is 0 Å². The van der Waals surface area contributed by atoms with Crippen LogP contribution in [0.3, 0.4) is 0 Å². The predicted molar refractivity (Wildman–Crippen MR) is 127 cm³/mol. The maximum atomic E-state index is 14.8. The van der Waals surface area contributed by atoms with Crippen molar-refractivity contribution < 1.29 is 18.7 Å². The van der Waals surface area contributed by atoms with Crippen molar-refractivity contribution in [3.05, 3.63) is 35.9 Å². The van der Waals surface area contributed by atoms with Crippen LogP contribution in [0, 0.1) is 5.92 Å². The van der Waals surface area contributed by atoms with Crippen molar-refractivity contribution in [3.8, 4) is 0 Å². The Balaban J connectivity index is 1.66. The fourth-order valence-corrected chi connectivity index (χ4v) is 4.47. The van der Waals surface area contributed by atoms with Crippen LogP contribution in [0.5, 0.6) is 0 Å². The van der Waals surface area contributed by atoms with Gasteiger partial charge in [0.1, 0.15) is 12.3 Å². The minimum absolute atomic E-state index is 0.364. The third kappa shape index (κ3) is 7.90. The molecule has 2 amide bonds. The van der Waals surface area contributed by atoms with E-state index in [1.807, 2.05) is 30.3 Å². The lowest BCUT2D eigenvalue weighted by Gasteiger charge is -2.24. The summed E-state index contributed by atoms with van der Waals surface area (Å²) in [6.07, 6.45) is 11.3. The standard InChI is InChI=1S/C27H42FNO3/c1-4-5-6-7-8-9-10-11-12-13-17-20-24(28)21(2)26(30)29-22(3)25(32-27(29)31)23-18-15-14-16-19-23/h14-16,18-19,21-22,24-25H,4-13,17,20H2,1-3H3/t21-,22-,24-,25-/m1/s1. The molecule has 0 unspecified atom stereocenters. The van der Waals surface area contributed by atoms with Crippen LogP contribution < -0.4 is 0 Å². The highest BCUT2D eigenvalue weighted by Crippen LogP contribution is 2.34. The normalized spacial score (nSPS) is 20.2. The molecular formula is C27H42FNO3. The van der Waals surface area contributed by atoms with Gasteiger partial charge in [0.2, 0.25) is 5.91 Å². The fourth-order valence-electron chi connectivity index (χ4n) is 4.47. The van der Waals surface area contributed by atoms with Crippen LogP contribution in [0.2, 0.25) is 0 Å². The number of ether oxygens (including phenoxy) is 1. The number of cyclic esters (lactones) is 1. The van der Waals surface area contributed by atoms with Gasteiger partial charge in [-0.2, -0.15) is 0 Å². The Labute approximate surface area is 193 Å². The summed E-state index contributed by atoms with van der Waals surface area (Å²) < 4.78 is 20.2. The topological polar surface area (TPSA) is 46.6 Å². The highest BCUT2D eigenvalue weighted by Gasteiger charge is 2.45. The summed E-state index contributed by atoms with van der Waals surface area (Å²) in [7, 11) is 0. The second kappa shape index (κ2) is 14.3. The minimum atomic E-state index is -1.24. The molecule has 0 saturated carbocycles. The number of carbonyl (C=O) groups excluding carboxylic acids is 2. The van der Waals surface area contributed by atoms with Crippen LogP contribution in [0.1, 0.15) is 109 Å². The Morgan fingerprint density at radius 2 is 1.50 bits per heavy atom. The maximum Gasteiger partial charge on any atom is 0.417 e. The number of nitrogens with zero attached hydrogens (tertiary/aromatic N) is 1. The molecule has 1 heterocycles. The smallest absolute Gasteiger partial charge is 0.417 e. The van der Waals surface area contributed by atoms with E-state index in [2.05, 4.69) is 6.92 Å². The molecule has 1 saturated heterocycles. The van der Waals surface area contributed by atoms with Gasteiger partial charge in [0.25, 0.3) is 0 Å². The molecule has 180 valence electrons. The molecule has 5 heteroatoms. The zero-order valence-electron chi connectivity index (χ0n) is 20.2. The predicted octanol–water partition coefficient (Wildman–Crippen LogP) is 7.77. The Bertz CT molecular complexity index is 681. The lowest BCUT2D eigenvalue weighted by atomic mass is 9.97. The summed E-state index contributed by atoms with van der Waals surface area (Å²) in [4.78, 5) is 26.3. The van der Waals surface area contributed by atoms with E-state index >= 15 is 0 Å². The van der Waals surface area contributed by atoms with Gasteiger partial charge < -0.3 is 4.74 Å². The Kier molecular flexibility index (Phi) is 11.8. The van der Waals surface area contributed by atoms with E-state index in [1.54, 1.807) is 13.8 Å². The minimum Gasteiger partial charge on any atom is -0.439 e. The number of hydrogen-bond donors (Lipinski definition) is 0. The van der Waals surface area contributed by atoms with Gasteiger partial charge in [-0.25, -0.2) is 14.1 Å². The molecule has 0 spiro atoms. The molecular weight excluding hydrogens is 405 g/mol. The number of rotatable bonds is 15. The van der Waals surface area contributed by atoms with E-state index in [9.17, 15) is 14.0 Å². The van der Waals surface area contributed by atoms with Gasteiger partial charge in [-0.15, -0.1) is 0 Å². The largest absolute Gasteiger partial charge is 0.439 e. The molecule has 0 radical (unpaired) electrons. The van der Waals surface area contributed by atoms with Gasteiger partial charge in [0.05, 0.1) is 12.0 Å². The van der Waals surface area contributed by atoms with Crippen molar-refractivity contribution >= 4 is 12.0 Å². The SMILES string of the molecule is CCCCCCCCCCCCC[C@@H](F)[C@@H](C)C(=O)N1C(=O)O[C@@H](c2ccccc2)[C@H]1C. The van der Waals surface area contributed by atoms with Crippen LogP contribution in [0.15, 0.2) is 30.3 Å². The van der Waals surface area contributed by atoms with E-state index in [0.717, 1.165) is 29.7 Å². The van der Waals surface area contributed by atoms with E-state index in [4.69, 9.17) is 4.74 Å². The molecule has 0 bridgehead atoms. The zero-order valence-corrected chi connectivity index (χ0v) is 20.2. The Morgan fingerprint density at radius 3 is 2.06 bits per heavy atom. The third-order valence-electron chi connectivity index (χ3n) is 6.65. The molecule has 0 N–H and O–H groups in total. The van der Waals surface area contributed by atoms with Crippen LogP contribution in [0.25, 0.3) is 0 Å². The van der Waals surface area contributed by atoms with Crippen molar-refractivity contribution in [2.24, 2.45) is 5.92 Å². The third-order valence-corrected chi connectivity index (χ3v) is 6.65. The number of amides is 2. The van der Waals surface area contributed by atoms with Crippen LogP contribution in [-0.4, -0.2) is 29.1 Å². The number of alkyl halides is 1. The molecule has 2 rings (SSSR count). The van der Waals surface area contributed by atoms with E-state index in [1.165, 1.54) is 51.4 Å². The first kappa shape index (κ1) is 26.3. The van der Waals surface area contributed by atoms with Crippen molar-refractivity contribution in [1.82, 2.24) is 4.90 Å². The summed E-state index contributed by atoms with van der Waals surface area (Å²) in [5, 5.41) is 0. The number of benzene rings is 1. The van der Waals surface area contributed by atoms with Crippen LogP contribution in [0.4, 0.5) is 9.18 Å². The average molecular weight is 448 g/mol. The van der Waals surface area contributed by atoms with Crippen molar-refractivity contribution in [2.75, 3.05) is 0 Å². The Morgan fingerprint density at radius 1 is 0.969 bits per heavy atom. The maximum absolute atomic E-state index is 14.8. The molecule has 4 nitrogen and oxygen atoms in total. The number of carbonyl (C=O) groups is 2. The molecule has 1 aromatic rings. The van der Waals surface area contributed by atoms with Gasteiger partial charge in [-0.3, -0.25) is 4.79 Å². The quantitative estimate of drug-likeness (QED) is 0.258. The number of unbranched alkanes of at least 4 members (excludes halogenated alkanes) is 10.